The Balaban J connectivity index is 3.43. The summed E-state index contributed by atoms with van der Waals surface area (Å²) in [4.78, 5) is 35.4. The molecule has 1 rings (SSSR count). The Labute approximate surface area is 90.7 Å². The van der Waals surface area contributed by atoms with Gasteiger partial charge in [-0.2, -0.15) is 0 Å². The van der Waals surface area contributed by atoms with Gasteiger partial charge in [0.2, 0.25) is 0 Å². The van der Waals surface area contributed by atoms with E-state index in [9.17, 15) is 9.13 Å². The molecule has 0 saturated heterocycles. The van der Waals surface area contributed by atoms with Crippen LogP contribution in [0.4, 0.5) is 0 Å². The summed E-state index contributed by atoms with van der Waals surface area (Å²) in [7, 11) is -9.07. The molecule has 0 aliphatic rings. The van der Waals surface area contributed by atoms with Crippen molar-refractivity contribution < 1.29 is 28.7 Å². The Hall–Kier alpha value is -0.130. The smallest absolute Gasteiger partial charge is 0.321 e. The second kappa shape index (κ2) is 4.03. The van der Waals surface area contributed by atoms with Gasteiger partial charge < -0.3 is 19.6 Å². The van der Waals surface area contributed by atoms with E-state index in [2.05, 4.69) is 12.6 Å². The summed E-state index contributed by atoms with van der Waals surface area (Å²) in [5.41, 5.74) is 0. The Bertz CT molecular complexity index is 434. The van der Waals surface area contributed by atoms with Gasteiger partial charge in [0.05, 0.1) is 10.6 Å². The van der Waals surface area contributed by atoms with Crippen molar-refractivity contribution in [2.45, 2.75) is 4.90 Å². The van der Waals surface area contributed by atoms with Crippen LogP contribution in [-0.4, -0.2) is 19.6 Å². The third kappa shape index (κ3) is 3.43. The normalized spacial score (nSPS) is 12.9. The lowest BCUT2D eigenvalue weighted by Crippen LogP contribution is -2.14. The van der Waals surface area contributed by atoms with Crippen LogP contribution in [0.15, 0.2) is 23.1 Å². The third-order valence-electron chi connectivity index (χ3n) is 1.56. The molecule has 0 amide bonds. The van der Waals surface area contributed by atoms with Crippen LogP contribution in [0.1, 0.15) is 0 Å². The van der Waals surface area contributed by atoms with Gasteiger partial charge in [-0.15, -0.1) is 12.6 Å². The maximum atomic E-state index is 10.9. The molecule has 1 aromatic carbocycles. The van der Waals surface area contributed by atoms with Crippen LogP contribution in [0, 0.1) is 0 Å². The molecule has 0 saturated carbocycles. The zero-order valence-electron chi connectivity index (χ0n) is 7.18. The third-order valence-corrected chi connectivity index (χ3v) is 3.68. The minimum atomic E-state index is -4.53. The summed E-state index contributed by atoms with van der Waals surface area (Å²) in [5.74, 6) is 0. The van der Waals surface area contributed by atoms with E-state index in [0.717, 1.165) is 18.2 Å². The molecule has 9 heteroatoms. The highest BCUT2D eigenvalue weighted by Crippen LogP contribution is 2.37. The molecule has 15 heavy (non-hydrogen) atoms. The van der Waals surface area contributed by atoms with Gasteiger partial charge in [-0.1, -0.05) is 0 Å². The molecule has 6 nitrogen and oxygen atoms in total. The van der Waals surface area contributed by atoms with E-state index in [4.69, 9.17) is 19.6 Å². The molecule has 0 spiro atoms. The van der Waals surface area contributed by atoms with Gasteiger partial charge in [-0.3, -0.25) is 9.13 Å². The highest BCUT2D eigenvalue weighted by Gasteiger charge is 2.24. The standard InChI is InChI=1S/C6H8O6P2S/c7-13(8,9)4-1-5(14(10,11)12)3-6(15)2-4/h1-3,15H,(H2,7,8,9)(H2,10,11,12). The molecule has 0 fully saturated rings. The van der Waals surface area contributed by atoms with Gasteiger partial charge in [0.1, 0.15) is 0 Å². The fourth-order valence-corrected chi connectivity index (χ4v) is 2.73. The average Bonchev–Trinajstić information content (AvgIpc) is 1.99. The van der Waals surface area contributed by atoms with Crippen LogP contribution < -0.4 is 10.6 Å². The minimum absolute atomic E-state index is 0.0779. The molecule has 0 bridgehead atoms. The molecule has 0 aliphatic carbocycles. The lowest BCUT2D eigenvalue weighted by molar-refractivity contribution is 0.386. The molecule has 0 atom stereocenters. The van der Waals surface area contributed by atoms with Crippen molar-refractivity contribution in [3.8, 4) is 0 Å². The second-order valence-corrected chi connectivity index (χ2v) is 6.52. The summed E-state index contributed by atoms with van der Waals surface area (Å²) < 4.78 is 21.7. The van der Waals surface area contributed by atoms with Gasteiger partial charge in [0.15, 0.2) is 0 Å². The van der Waals surface area contributed by atoms with Crippen LogP contribution in [0.5, 0.6) is 0 Å². The molecule has 0 unspecified atom stereocenters. The quantitative estimate of drug-likeness (QED) is 0.368. The summed E-state index contributed by atoms with van der Waals surface area (Å²) in [6.07, 6.45) is 0. The number of benzene rings is 1. The molecule has 4 N–H and O–H groups in total. The first-order valence-corrected chi connectivity index (χ1v) is 7.24. The predicted molar refractivity (Wildman–Crippen MR) is 57.1 cm³/mol. The van der Waals surface area contributed by atoms with Gasteiger partial charge in [0, 0.05) is 4.90 Å². The van der Waals surface area contributed by atoms with Crippen molar-refractivity contribution in [2.24, 2.45) is 0 Å². The van der Waals surface area contributed by atoms with Crippen molar-refractivity contribution in [3.63, 3.8) is 0 Å². The topological polar surface area (TPSA) is 115 Å². The molecule has 1 aromatic rings. The largest absolute Gasteiger partial charge is 0.356 e. The van der Waals surface area contributed by atoms with Gasteiger partial charge >= 0.3 is 15.2 Å². The van der Waals surface area contributed by atoms with E-state index in [0.29, 0.717) is 0 Å². The number of rotatable bonds is 2. The first-order valence-electron chi connectivity index (χ1n) is 3.57. The van der Waals surface area contributed by atoms with E-state index in [-0.39, 0.29) is 4.90 Å². The molecule has 84 valence electrons. The van der Waals surface area contributed by atoms with E-state index in [1.54, 1.807) is 0 Å². The van der Waals surface area contributed by atoms with E-state index in [1.165, 1.54) is 0 Å². The van der Waals surface area contributed by atoms with E-state index in [1.807, 2.05) is 0 Å². The van der Waals surface area contributed by atoms with E-state index >= 15 is 0 Å². The van der Waals surface area contributed by atoms with Crippen LogP contribution >= 0.6 is 27.8 Å². The summed E-state index contributed by atoms with van der Waals surface area (Å²) >= 11 is 3.80. The first kappa shape index (κ1) is 12.9. The fraction of sp³-hybridized carbons (Fsp3) is 0. The van der Waals surface area contributed by atoms with Crippen LogP contribution in [-0.2, 0) is 9.13 Å². The molecular weight excluding hydrogens is 262 g/mol. The predicted octanol–water partition coefficient (Wildman–Crippen LogP) is -0.419. The summed E-state index contributed by atoms with van der Waals surface area (Å²) in [6, 6.07) is 2.90. The molecule has 0 heterocycles. The van der Waals surface area contributed by atoms with E-state index < -0.39 is 25.8 Å². The number of hydrogen-bond acceptors (Lipinski definition) is 3. The number of thiol groups is 1. The maximum absolute atomic E-state index is 10.9. The Morgan fingerprint density at radius 1 is 0.867 bits per heavy atom. The minimum Gasteiger partial charge on any atom is -0.321 e. The van der Waals surface area contributed by atoms with Gasteiger partial charge in [-0.05, 0) is 18.2 Å². The monoisotopic (exact) mass is 270 g/mol. The Morgan fingerprint density at radius 2 is 1.20 bits per heavy atom. The van der Waals surface area contributed by atoms with Crippen LogP contribution in [0.2, 0.25) is 0 Å². The fourth-order valence-electron chi connectivity index (χ4n) is 0.916. The molecule has 0 aromatic heterocycles. The average molecular weight is 270 g/mol. The Morgan fingerprint density at radius 3 is 1.47 bits per heavy atom. The zero-order chi connectivity index (χ0) is 11.9. The second-order valence-electron chi connectivity index (χ2n) is 2.80. The zero-order valence-corrected chi connectivity index (χ0v) is 9.86. The van der Waals surface area contributed by atoms with Crippen LogP contribution in [0.25, 0.3) is 0 Å². The molecular formula is C6H8O6P2S. The van der Waals surface area contributed by atoms with Crippen molar-refractivity contribution >= 4 is 38.4 Å². The molecule has 0 aliphatic heterocycles. The summed E-state index contributed by atoms with van der Waals surface area (Å²) in [5, 5.41) is -0.929. The highest BCUT2D eigenvalue weighted by atomic mass is 32.1. The van der Waals surface area contributed by atoms with Crippen LogP contribution in [0.3, 0.4) is 0 Å². The maximum Gasteiger partial charge on any atom is 0.356 e. The summed E-state index contributed by atoms with van der Waals surface area (Å²) in [6.45, 7) is 0. The number of hydrogen-bond donors (Lipinski definition) is 5. The SMILES string of the molecule is O=P(O)(O)c1cc(S)cc(P(=O)(O)O)c1. The first-order chi connectivity index (χ1) is 6.60. The van der Waals surface area contributed by atoms with Gasteiger partial charge in [0.25, 0.3) is 0 Å². The Kier molecular flexibility index (Phi) is 3.48. The van der Waals surface area contributed by atoms with Crippen molar-refractivity contribution in [2.75, 3.05) is 0 Å². The molecule has 0 radical (unpaired) electrons. The van der Waals surface area contributed by atoms with Crippen molar-refractivity contribution in [3.05, 3.63) is 18.2 Å². The lowest BCUT2D eigenvalue weighted by Gasteiger charge is -2.09. The lowest BCUT2D eigenvalue weighted by atomic mass is 10.4. The highest BCUT2D eigenvalue weighted by molar-refractivity contribution is 7.80. The van der Waals surface area contributed by atoms with Crippen molar-refractivity contribution in [1.82, 2.24) is 0 Å². The van der Waals surface area contributed by atoms with Crippen molar-refractivity contribution in [1.29, 1.82) is 0 Å². The van der Waals surface area contributed by atoms with Gasteiger partial charge in [-0.25, -0.2) is 0 Å².